The van der Waals surface area contributed by atoms with Crippen LogP contribution >= 0.6 is 0 Å². The molecule has 0 aliphatic heterocycles. The summed E-state index contributed by atoms with van der Waals surface area (Å²) in [5, 5.41) is 16.3. The van der Waals surface area contributed by atoms with Gasteiger partial charge in [-0.2, -0.15) is 5.10 Å². The molecule has 0 saturated heterocycles. The molecule has 4 N–H and O–H groups in total. The van der Waals surface area contributed by atoms with Gasteiger partial charge in [0.2, 0.25) is 0 Å². The average Bonchev–Trinajstić information content (AvgIpc) is 3.32. The minimum absolute atomic E-state index is 0.294. The van der Waals surface area contributed by atoms with Crippen molar-refractivity contribution in [1.29, 1.82) is 0 Å². The van der Waals surface area contributed by atoms with E-state index in [9.17, 15) is 4.79 Å². The molecule has 2 aromatic carbocycles. The minimum atomic E-state index is -0.685. The van der Waals surface area contributed by atoms with Crippen molar-refractivity contribution in [2.24, 2.45) is 11.7 Å². The predicted octanol–water partition coefficient (Wildman–Crippen LogP) is 5.55. The maximum atomic E-state index is 10.9. The number of rotatable bonds is 8. The molecule has 6 nitrogen and oxygen atoms in total. The van der Waals surface area contributed by atoms with Gasteiger partial charge < -0.3 is 10.8 Å². The van der Waals surface area contributed by atoms with Crippen molar-refractivity contribution in [3.8, 4) is 0 Å². The number of allylic oxidation sites excluding steroid dienone is 3. The first kappa shape index (κ1) is 23.5. The number of benzene rings is 2. The molecule has 1 fully saturated rings. The van der Waals surface area contributed by atoms with Crippen LogP contribution in [0.5, 0.6) is 0 Å². The molecule has 3 aromatic rings. The van der Waals surface area contributed by atoms with Crippen molar-refractivity contribution >= 4 is 17.2 Å². The average molecular weight is 457 g/mol. The second-order valence-electron chi connectivity index (χ2n) is 9.17. The maximum absolute atomic E-state index is 10.9. The second kappa shape index (κ2) is 11.0. The summed E-state index contributed by atoms with van der Waals surface area (Å²) in [6.45, 7) is 1.99. The zero-order valence-electron chi connectivity index (χ0n) is 19.6. The summed E-state index contributed by atoms with van der Waals surface area (Å²) in [4.78, 5) is 15.5. The van der Waals surface area contributed by atoms with E-state index in [1.54, 1.807) is 0 Å². The summed E-state index contributed by atoms with van der Waals surface area (Å²) in [6.07, 6.45) is 8.92. The van der Waals surface area contributed by atoms with Crippen LogP contribution < -0.4 is 5.73 Å². The van der Waals surface area contributed by atoms with Crippen LogP contribution in [0.4, 0.5) is 0 Å². The first-order valence-electron chi connectivity index (χ1n) is 11.9. The molecule has 1 aliphatic rings. The quantitative estimate of drug-likeness (QED) is 0.386. The smallest absolute Gasteiger partial charge is 0.303 e. The molecule has 6 heteroatoms. The standard InChI is InChI=1S/C28H32N4O2/c1-19(28-30-26(31-32-28)17-20-5-3-2-4-6-20)7-16-25(29)24-14-12-23(13-15-24)22-10-8-21(9-11-22)18-27(33)34/h2-7,12-16,21-22H,8-11,17-18,29H2,1H3,(H,33,34)(H,30,31,32)/b19-7+,25-16-/t21-,22-. The predicted molar refractivity (Wildman–Crippen MR) is 135 cm³/mol. The Balaban J connectivity index is 1.35. The number of nitrogens with one attached hydrogen (secondary N) is 1. The summed E-state index contributed by atoms with van der Waals surface area (Å²) in [6, 6.07) is 18.6. The van der Waals surface area contributed by atoms with E-state index in [1.807, 2.05) is 37.3 Å². The number of hydrogen-bond donors (Lipinski definition) is 3. The van der Waals surface area contributed by atoms with Gasteiger partial charge in [-0.05, 0) is 72.8 Å². The highest BCUT2D eigenvalue weighted by Gasteiger charge is 2.23. The Morgan fingerprint density at radius 3 is 2.44 bits per heavy atom. The normalized spacial score (nSPS) is 19.2. The van der Waals surface area contributed by atoms with Gasteiger partial charge in [-0.1, -0.05) is 60.7 Å². The molecule has 176 valence electrons. The lowest BCUT2D eigenvalue weighted by Crippen LogP contribution is -2.16. The Morgan fingerprint density at radius 1 is 1.06 bits per heavy atom. The summed E-state index contributed by atoms with van der Waals surface area (Å²) < 4.78 is 0. The van der Waals surface area contributed by atoms with E-state index in [1.165, 1.54) is 11.1 Å². The van der Waals surface area contributed by atoms with Crippen LogP contribution in [0.2, 0.25) is 0 Å². The Hall–Kier alpha value is -3.67. The second-order valence-corrected chi connectivity index (χ2v) is 9.17. The zero-order valence-corrected chi connectivity index (χ0v) is 19.6. The van der Waals surface area contributed by atoms with Crippen molar-refractivity contribution in [3.05, 3.63) is 95.1 Å². The van der Waals surface area contributed by atoms with Gasteiger partial charge in [-0.3, -0.25) is 9.89 Å². The lowest BCUT2D eigenvalue weighted by atomic mass is 9.77. The monoisotopic (exact) mass is 456 g/mol. The number of aromatic amines is 1. The maximum Gasteiger partial charge on any atom is 0.303 e. The van der Waals surface area contributed by atoms with Gasteiger partial charge in [0.1, 0.15) is 0 Å². The van der Waals surface area contributed by atoms with Crippen molar-refractivity contribution in [3.63, 3.8) is 0 Å². The Kier molecular flexibility index (Phi) is 7.58. The van der Waals surface area contributed by atoms with Crippen LogP contribution in [0, 0.1) is 5.92 Å². The van der Waals surface area contributed by atoms with Crippen molar-refractivity contribution < 1.29 is 9.90 Å². The van der Waals surface area contributed by atoms with E-state index in [4.69, 9.17) is 10.8 Å². The largest absolute Gasteiger partial charge is 0.481 e. The van der Waals surface area contributed by atoms with Gasteiger partial charge >= 0.3 is 5.97 Å². The number of hydrogen-bond acceptors (Lipinski definition) is 4. The number of nitrogens with two attached hydrogens (primary N) is 1. The Morgan fingerprint density at radius 2 is 1.76 bits per heavy atom. The van der Waals surface area contributed by atoms with Crippen LogP contribution in [-0.2, 0) is 11.2 Å². The Labute approximate surface area is 200 Å². The summed E-state index contributed by atoms with van der Waals surface area (Å²) in [5.41, 5.74) is 11.5. The molecule has 0 radical (unpaired) electrons. The number of nitrogens with zero attached hydrogens (tertiary/aromatic N) is 2. The van der Waals surface area contributed by atoms with Gasteiger partial charge in [0.15, 0.2) is 11.6 Å². The van der Waals surface area contributed by atoms with Gasteiger partial charge in [0.05, 0.1) is 0 Å². The molecule has 1 aromatic heterocycles. The van der Waals surface area contributed by atoms with Crippen molar-refractivity contribution in [1.82, 2.24) is 15.2 Å². The molecule has 0 atom stereocenters. The number of carbonyl (C=O) groups is 1. The molecule has 1 heterocycles. The van der Waals surface area contributed by atoms with Crippen LogP contribution in [0.3, 0.4) is 0 Å². The third-order valence-corrected chi connectivity index (χ3v) is 6.65. The van der Waals surface area contributed by atoms with Crippen LogP contribution in [0.15, 0.2) is 66.7 Å². The molecule has 1 saturated carbocycles. The first-order valence-corrected chi connectivity index (χ1v) is 11.9. The summed E-state index contributed by atoms with van der Waals surface area (Å²) >= 11 is 0. The lowest BCUT2D eigenvalue weighted by molar-refractivity contribution is -0.138. The number of H-pyrrole nitrogens is 1. The van der Waals surface area contributed by atoms with Gasteiger partial charge in [-0.15, -0.1) is 0 Å². The van der Waals surface area contributed by atoms with Crippen molar-refractivity contribution in [2.75, 3.05) is 0 Å². The highest BCUT2D eigenvalue weighted by molar-refractivity contribution is 5.69. The third kappa shape index (κ3) is 6.22. The van der Waals surface area contributed by atoms with Gasteiger partial charge in [0, 0.05) is 18.5 Å². The molecule has 0 unspecified atom stereocenters. The van der Waals surface area contributed by atoms with Crippen LogP contribution in [0.25, 0.3) is 11.3 Å². The van der Waals surface area contributed by atoms with E-state index in [-0.39, 0.29) is 0 Å². The molecule has 0 bridgehead atoms. The van der Waals surface area contributed by atoms with E-state index < -0.39 is 5.97 Å². The fourth-order valence-corrected chi connectivity index (χ4v) is 4.61. The van der Waals surface area contributed by atoms with E-state index in [0.717, 1.165) is 48.5 Å². The molecule has 1 aliphatic carbocycles. The highest BCUT2D eigenvalue weighted by Crippen LogP contribution is 2.37. The molecule has 4 rings (SSSR count). The number of aromatic nitrogens is 3. The van der Waals surface area contributed by atoms with E-state index in [2.05, 4.69) is 51.6 Å². The van der Waals surface area contributed by atoms with Crippen LogP contribution in [0.1, 0.15) is 73.3 Å². The fraction of sp³-hybridized carbons (Fsp3) is 0.321. The SMILES string of the molecule is C/C(=C\C=C(/N)c1ccc([C@H]2CC[C@H](CC(=O)O)CC2)cc1)c1nc(Cc2ccccc2)n[nH]1. The van der Waals surface area contributed by atoms with Gasteiger partial charge in [-0.25, -0.2) is 4.98 Å². The van der Waals surface area contributed by atoms with Crippen molar-refractivity contribution in [2.45, 2.75) is 51.4 Å². The molecular formula is C28H32N4O2. The Bertz CT molecular complexity index is 1150. The van der Waals surface area contributed by atoms with E-state index in [0.29, 0.717) is 30.4 Å². The minimum Gasteiger partial charge on any atom is -0.481 e. The number of carboxylic acid groups (broad SMARTS) is 1. The third-order valence-electron chi connectivity index (χ3n) is 6.65. The number of carboxylic acids is 1. The zero-order chi connectivity index (χ0) is 23.9. The summed E-state index contributed by atoms with van der Waals surface area (Å²) in [7, 11) is 0. The molecule has 0 spiro atoms. The topological polar surface area (TPSA) is 105 Å². The number of aliphatic carboxylic acids is 1. The van der Waals surface area contributed by atoms with E-state index >= 15 is 0 Å². The molecule has 34 heavy (non-hydrogen) atoms. The van der Waals surface area contributed by atoms with Gasteiger partial charge in [0.25, 0.3) is 0 Å². The lowest BCUT2D eigenvalue weighted by Gasteiger charge is -2.28. The first-order chi connectivity index (χ1) is 16.5. The summed E-state index contributed by atoms with van der Waals surface area (Å²) in [5.74, 6) is 1.64. The highest BCUT2D eigenvalue weighted by atomic mass is 16.4. The molecular weight excluding hydrogens is 424 g/mol. The molecule has 0 amide bonds. The fourth-order valence-electron chi connectivity index (χ4n) is 4.61. The van der Waals surface area contributed by atoms with Crippen LogP contribution in [-0.4, -0.2) is 26.3 Å².